The van der Waals surface area contributed by atoms with Crippen LogP contribution in [0.15, 0.2) is 24.3 Å². The highest BCUT2D eigenvalue weighted by molar-refractivity contribution is 5.81. The largest absolute Gasteiger partial charge is 0.348 e. The molecule has 4 heteroatoms. The summed E-state index contributed by atoms with van der Waals surface area (Å²) in [7, 11) is 0. The molecule has 0 spiro atoms. The number of hydrogen-bond acceptors (Lipinski definition) is 2. The van der Waals surface area contributed by atoms with Gasteiger partial charge in [-0.15, -0.1) is 0 Å². The van der Waals surface area contributed by atoms with E-state index in [1.54, 1.807) is 32.0 Å². The van der Waals surface area contributed by atoms with Crippen molar-refractivity contribution in [2.75, 3.05) is 0 Å². The highest BCUT2D eigenvalue weighted by Crippen LogP contribution is 2.15. The van der Waals surface area contributed by atoms with Crippen LogP contribution in [-0.2, 0) is 4.79 Å². The van der Waals surface area contributed by atoms with Gasteiger partial charge in [0.25, 0.3) is 0 Å². The lowest BCUT2D eigenvalue weighted by atomic mass is 10.1. The SMILES string of the molecule is CC(N)C(=O)NC(C)c1ccccc1F. The molecule has 0 aliphatic carbocycles. The standard InChI is InChI=1S/C11H15FN2O/c1-7(13)11(15)14-8(2)9-5-3-4-6-10(9)12/h3-8H,13H2,1-2H3,(H,14,15). The molecule has 3 N–H and O–H groups in total. The summed E-state index contributed by atoms with van der Waals surface area (Å²) in [6.45, 7) is 3.31. The van der Waals surface area contributed by atoms with E-state index in [1.165, 1.54) is 6.07 Å². The minimum absolute atomic E-state index is 0.286. The number of amides is 1. The number of nitrogens with one attached hydrogen (secondary N) is 1. The Morgan fingerprint density at radius 1 is 1.40 bits per heavy atom. The van der Waals surface area contributed by atoms with Gasteiger partial charge in [0, 0.05) is 5.56 Å². The minimum Gasteiger partial charge on any atom is -0.348 e. The Hall–Kier alpha value is -1.42. The third-order valence-electron chi connectivity index (χ3n) is 2.14. The van der Waals surface area contributed by atoms with Crippen LogP contribution in [0.3, 0.4) is 0 Å². The van der Waals surface area contributed by atoms with E-state index >= 15 is 0 Å². The number of rotatable bonds is 3. The van der Waals surface area contributed by atoms with E-state index in [1.807, 2.05) is 0 Å². The van der Waals surface area contributed by atoms with Crippen LogP contribution < -0.4 is 11.1 Å². The van der Waals surface area contributed by atoms with Crippen molar-refractivity contribution >= 4 is 5.91 Å². The summed E-state index contributed by atoms with van der Waals surface area (Å²) in [4.78, 5) is 11.3. The van der Waals surface area contributed by atoms with E-state index in [0.717, 1.165) is 0 Å². The van der Waals surface area contributed by atoms with Crippen molar-refractivity contribution in [3.8, 4) is 0 Å². The number of hydrogen-bond donors (Lipinski definition) is 2. The van der Waals surface area contributed by atoms with E-state index in [-0.39, 0.29) is 17.8 Å². The summed E-state index contributed by atoms with van der Waals surface area (Å²) < 4.78 is 13.3. The van der Waals surface area contributed by atoms with E-state index < -0.39 is 6.04 Å². The number of nitrogens with two attached hydrogens (primary N) is 1. The second-order valence-corrected chi connectivity index (χ2v) is 3.54. The van der Waals surface area contributed by atoms with Crippen LogP contribution in [0.5, 0.6) is 0 Å². The van der Waals surface area contributed by atoms with Crippen LogP contribution >= 0.6 is 0 Å². The van der Waals surface area contributed by atoms with Gasteiger partial charge in [-0.25, -0.2) is 4.39 Å². The molecule has 1 aromatic carbocycles. The molecule has 15 heavy (non-hydrogen) atoms. The molecular formula is C11H15FN2O. The van der Waals surface area contributed by atoms with Crippen LogP contribution in [0.2, 0.25) is 0 Å². The maximum atomic E-state index is 13.3. The molecule has 1 amide bonds. The van der Waals surface area contributed by atoms with Crippen molar-refractivity contribution in [3.63, 3.8) is 0 Å². The van der Waals surface area contributed by atoms with Crippen molar-refractivity contribution < 1.29 is 9.18 Å². The van der Waals surface area contributed by atoms with Gasteiger partial charge in [0.15, 0.2) is 0 Å². The first-order chi connectivity index (χ1) is 7.02. The highest BCUT2D eigenvalue weighted by Gasteiger charge is 2.14. The van der Waals surface area contributed by atoms with Crippen molar-refractivity contribution in [2.24, 2.45) is 5.73 Å². The zero-order chi connectivity index (χ0) is 11.4. The summed E-state index contributed by atoms with van der Waals surface area (Å²) in [6, 6.07) is 5.39. The quantitative estimate of drug-likeness (QED) is 0.791. The lowest BCUT2D eigenvalue weighted by Gasteiger charge is -2.16. The molecule has 1 rings (SSSR count). The minimum atomic E-state index is -0.584. The zero-order valence-corrected chi connectivity index (χ0v) is 8.83. The molecule has 0 aliphatic heterocycles. The third kappa shape index (κ3) is 3.02. The Bertz CT molecular complexity index is 352. The van der Waals surface area contributed by atoms with Crippen molar-refractivity contribution in [2.45, 2.75) is 25.9 Å². The molecule has 2 unspecified atom stereocenters. The first-order valence-corrected chi connectivity index (χ1v) is 4.82. The molecule has 0 bridgehead atoms. The number of carbonyl (C=O) groups is 1. The van der Waals surface area contributed by atoms with Gasteiger partial charge in [-0.05, 0) is 19.9 Å². The van der Waals surface area contributed by atoms with Gasteiger partial charge in [-0.2, -0.15) is 0 Å². The van der Waals surface area contributed by atoms with Crippen molar-refractivity contribution in [3.05, 3.63) is 35.6 Å². The second kappa shape index (κ2) is 4.89. The van der Waals surface area contributed by atoms with Gasteiger partial charge in [0.2, 0.25) is 5.91 Å². The normalized spacial score (nSPS) is 14.4. The fourth-order valence-electron chi connectivity index (χ4n) is 1.25. The van der Waals surface area contributed by atoms with Gasteiger partial charge >= 0.3 is 0 Å². The fourth-order valence-corrected chi connectivity index (χ4v) is 1.25. The Morgan fingerprint density at radius 3 is 2.53 bits per heavy atom. The third-order valence-corrected chi connectivity index (χ3v) is 2.14. The highest BCUT2D eigenvalue weighted by atomic mass is 19.1. The average molecular weight is 210 g/mol. The maximum absolute atomic E-state index is 13.3. The Morgan fingerprint density at radius 2 is 2.00 bits per heavy atom. The van der Waals surface area contributed by atoms with Gasteiger partial charge in [0.1, 0.15) is 5.82 Å². The smallest absolute Gasteiger partial charge is 0.237 e. The number of carbonyl (C=O) groups excluding carboxylic acids is 1. The summed E-state index contributed by atoms with van der Waals surface area (Å²) in [5.74, 6) is -0.610. The van der Waals surface area contributed by atoms with E-state index in [4.69, 9.17) is 5.73 Å². The van der Waals surface area contributed by atoms with Crippen LogP contribution in [0.25, 0.3) is 0 Å². The Labute approximate surface area is 88.5 Å². The predicted molar refractivity (Wildman–Crippen MR) is 56.6 cm³/mol. The lowest BCUT2D eigenvalue weighted by Crippen LogP contribution is -2.39. The Kier molecular flexibility index (Phi) is 3.80. The molecule has 3 nitrogen and oxygen atoms in total. The first-order valence-electron chi connectivity index (χ1n) is 4.82. The maximum Gasteiger partial charge on any atom is 0.237 e. The molecule has 0 fully saturated rings. The molecule has 0 saturated heterocycles. The van der Waals surface area contributed by atoms with Gasteiger partial charge in [0.05, 0.1) is 12.1 Å². The summed E-state index contributed by atoms with van der Waals surface area (Å²) >= 11 is 0. The van der Waals surface area contributed by atoms with Gasteiger partial charge in [-0.3, -0.25) is 4.79 Å². The van der Waals surface area contributed by atoms with Crippen LogP contribution in [-0.4, -0.2) is 11.9 Å². The lowest BCUT2D eigenvalue weighted by molar-refractivity contribution is -0.122. The summed E-state index contributed by atoms with van der Waals surface area (Å²) in [5, 5.41) is 2.63. The molecule has 0 aromatic heterocycles. The van der Waals surface area contributed by atoms with Gasteiger partial charge in [-0.1, -0.05) is 18.2 Å². The van der Waals surface area contributed by atoms with Crippen molar-refractivity contribution in [1.29, 1.82) is 0 Å². The molecule has 2 atom stereocenters. The molecular weight excluding hydrogens is 195 g/mol. The van der Waals surface area contributed by atoms with E-state index in [9.17, 15) is 9.18 Å². The molecule has 0 heterocycles. The van der Waals surface area contributed by atoms with Crippen molar-refractivity contribution in [1.82, 2.24) is 5.32 Å². The van der Waals surface area contributed by atoms with Gasteiger partial charge < -0.3 is 11.1 Å². The number of halogens is 1. The first kappa shape index (κ1) is 11.7. The molecule has 0 saturated carbocycles. The molecule has 0 aliphatic rings. The number of benzene rings is 1. The summed E-state index contributed by atoms with van der Waals surface area (Å²) in [5.41, 5.74) is 5.86. The average Bonchev–Trinajstić information content (AvgIpc) is 2.18. The molecule has 82 valence electrons. The van der Waals surface area contributed by atoms with E-state index in [0.29, 0.717) is 5.56 Å². The molecule has 1 aromatic rings. The van der Waals surface area contributed by atoms with Crippen LogP contribution in [0, 0.1) is 5.82 Å². The predicted octanol–water partition coefficient (Wildman–Crippen LogP) is 1.35. The van der Waals surface area contributed by atoms with Crippen LogP contribution in [0.1, 0.15) is 25.5 Å². The monoisotopic (exact) mass is 210 g/mol. The molecule has 0 radical (unpaired) electrons. The van der Waals surface area contributed by atoms with Crippen LogP contribution in [0.4, 0.5) is 4.39 Å². The second-order valence-electron chi connectivity index (χ2n) is 3.54. The van der Waals surface area contributed by atoms with E-state index in [2.05, 4.69) is 5.32 Å². The summed E-state index contributed by atoms with van der Waals surface area (Å²) in [6.07, 6.45) is 0. The Balaban J connectivity index is 2.73. The topological polar surface area (TPSA) is 55.1 Å². The fraction of sp³-hybridized carbons (Fsp3) is 0.364. The zero-order valence-electron chi connectivity index (χ0n) is 8.83.